The second kappa shape index (κ2) is 6.80. The lowest BCUT2D eigenvalue weighted by Gasteiger charge is -2.20. The fraction of sp³-hybridized carbons (Fsp3) is 0.136. The first-order chi connectivity index (χ1) is 13.7. The number of nitrogens with zero attached hydrogens (tertiary/aromatic N) is 3. The first-order valence-electron chi connectivity index (χ1n) is 9.02. The van der Waals surface area contributed by atoms with Crippen molar-refractivity contribution in [1.29, 1.82) is 0 Å². The number of benzene rings is 3. The Bertz CT molecular complexity index is 1180. The molecule has 0 radical (unpaired) electrons. The normalized spacial score (nSPS) is 16.2. The summed E-state index contributed by atoms with van der Waals surface area (Å²) in [6.07, 6.45) is 0.391. The van der Waals surface area contributed by atoms with Crippen molar-refractivity contribution in [2.24, 2.45) is 0 Å². The van der Waals surface area contributed by atoms with Gasteiger partial charge in [0, 0.05) is 17.2 Å². The van der Waals surface area contributed by atoms with Gasteiger partial charge in [0.1, 0.15) is 5.75 Å². The molecule has 1 aliphatic heterocycles. The first kappa shape index (κ1) is 17.0. The Hall–Kier alpha value is -3.12. The number of methoxy groups -OCH3 is 1. The predicted octanol–water partition coefficient (Wildman–Crippen LogP) is 4.98. The van der Waals surface area contributed by atoms with Gasteiger partial charge >= 0.3 is 0 Å². The molecule has 0 amide bonds. The molecule has 0 saturated heterocycles. The molecule has 0 bridgehead atoms. The van der Waals surface area contributed by atoms with E-state index in [9.17, 15) is 4.79 Å². The highest BCUT2D eigenvalue weighted by molar-refractivity contribution is 7.99. The van der Waals surface area contributed by atoms with Gasteiger partial charge in [-0.2, -0.15) is 4.68 Å². The molecule has 0 N–H and O–H groups in total. The number of aromatic nitrogens is 3. The Morgan fingerprint density at radius 1 is 1.04 bits per heavy atom. The third-order valence-corrected chi connectivity index (χ3v) is 6.14. The van der Waals surface area contributed by atoms with Gasteiger partial charge in [0.15, 0.2) is 11.0 Å². The van der Waals surface area contributed by atoms with Gasteiger partial charge in [-0.3, -0.25) is 4.79 Å². The van der Waals surface area contributed by atoms with E-state index in [1.54, 1.807) is 18.9 Å². The van der Waals surface area contributed by atoms with Crippen molar-refractivity contribution in [3.05, 3.63) is 72.3 Å². The van der Waals surface area contributed by atoms with Crippen LogP contribution in [0.1, 0.15) is 22.0 Å². The van der Waals surface area contributed by atoms with E-state index in [0.717, 1.165) is 27.6 Å². The molecule has 138 valence electrons. The summed E-state index contributed by atoms with van der Waals surface area (Å²) in [7, 11) is 1.64. The van der Waals surface area contributed by atoms with E-state index < -0.39 is 0 Å². The number of ether oxygens (including phenoxy) is 1. The van der Waals surface area contributed by atoms with Crippen molar-refractivity contribution in [2.45, 2.75) is 16.8 Å². The van der Waals surface area contributed by atoms with Crippen LogP contribution in [0.3, 0.4) is 0 Å². The zero-order valence-electron chi connectivity index (χ0n) is 15.2. The van der Waals surface area contributed by atoms with Crippen LogP contribution in [-0.2, 0) is 0 Å². The molecule has 5 rings (SSSR count). The highest BCUT2D eigenvalue weighted by Crippen LogP contribution is 2.42. The largest absolute Gasteiger partial charge is 0.497 e. The van der Waals surface area contributed by atoms with E-state index in [1.807, 2.05) is 48.5 Å². The van der Waals surface area contributed by atoms with Gasteiger partial charge in [-0.15, -0.1) is 5.10 Å². The van der Waals surface area contributed by atoms with Gasteiger partial charge in [0.25, 0.3) is 5.91 Å². The van der Waals surface area contributed by atoms with Crippen LogP contribution in [0.2, 0.25) is 0 Å². The van der Waals surface area contributed by atoms with E-state index in [1.165, 1.54) is 4.68 Å². The molecule has 0 fully saturated rings. The number of thioether (sulfide) groups is 1. The fourth-order valence-electron chi connectivity index (χ4n) is 3.49. The van der Waals surface area contributed by atoms with Crippen molar-refractivity contribution >= 4 is 28.4 Å². The second-order valence-electron chi connectivity index (χ2n) is 6.63. The van der Waals surface area contributed by atoms with Gasteiger partial charge in [-0.05, 0) is 28.5 Å². The maximum atomic E-state index is 12.7. The zero-order chi connectivity index (χ0) is 19.1. The smallest absolute Gasteiger partial charge is 0.250 e. The van der Waals surface area contributed by atoms with E-state index in [-0.39, 0.29) is 11.2 Å². The summed E-state index contributed by atoms with van der Waals surface area (Å²) in [5.74, 6) is 1.36. The average molecular weight is 387 g/mol. The summed E-state index contributed by atoms with van der Waals surface area (Å²) < 4.78 is 6.67. The molecule has 28 heavy (non-hydrogen) atoms. The highest BCUT2D eigenvalue weighted by atomic mass is 32.2. The Morgan fingerprint density at radius 2 is 1.82 bits per heavy atom. The molecule has 0 spiro atoms. The maximum Gasteiger partial charge on any atom is 0.250 e. The summed E-state index contributed by atoms with van der Waals surface area (Å²) in [6, 6.07) is 22.0. The number of fused-ring (bicyclic) bond motifs is 2. The number of hydrogen-bond acceptors (Lipinski definition) is 5. The van der Waals surface area contributed by atoms with Crippen LogP contribution in [-0.4, -0.2) is 27.8 Å². The molecule has 1 aromatic heterocycles. The van der Waals surface area contributed by atoms with Crippen molar-refractivity contribution in [3.63, 3.8) is 0 Å². The molecule has 1 atom stereocenters. The van der Waals surface area contributed by atoms with E-state index in [0.29, 0.717) is 17.4 Å². The highest BCUT2D eigenvalue weighted by Gasteiger charge is 2.30. The van der Waals surface area contributed by atoms with Crippen molar-refractivity contribution in [3.8, 4) is 17.1 Å². The van der Waals surface area contributed by atoms with Crippen LogP contribution in [0.4, 0.5) is 0 Å². The predicted molar refractivity (Wildman–Crippen MR) is 110 cm³/mol. The Labute approximate surface area is 166 Å². The molecule has 1 unspecified atom stereocenters. The van der Waals surface area contributed by atoms with Crippen LogP contribution < -0.4 is 4.74 Å². The van der Waals surface area contributed by atoms with Crippen LogP contribution >= 0.6 is 11.8 Å². The molecule has 6 heteroatoms. The van der Waals surface area contributed by atoms with Gasteiger partial charge in [0.2, 0.25) is 0 Å². The van der Waals surface area contributed by atoms with Crippen LogP contribution in [0.15, 0.2) is 71.9 Å². The lowest BCUT2D eigenvalue weighted by Crippen LogP contribution is -2.20. The third-order valence-electron chi connectivity index (χ3n) is 4.94. The van der Waals surface area contributed by atoms with Gasteiger partial charge in [-0.25, -0.2) is 4.98 Å². The fourth-order valence-corrected chi connectivity index (χ4v) is 4.64. The third kappa shape index (κ3) is 2.86. The summed E-state index contributed by atoms with van der Waals surface area (Å²) in [5.41, 5.74) is 2.02. The Balaban J connectivity index is 1.52. The van der Waals surface area contributed by atoms with E-state index in [4.69, 9.17) is 9.72 Å². The van der Waals surface area contributed by atoms with Crippen LogP contribution in [0.5, 0.6) is 5.75 Å². The molecule has 1 aliphatic rings. The molecule has 0 saturated carbocycles. The molecule has 3 aromatic carbocycles. The zero-order valence-corrected chi connectivity index (χ0v) is 16.0. The van der Waals surface area contributed by atoms with Crippen molar-refractivity contribution < 1.29 is 9.53 Å². The SMILES string of the molecule is COc1ccc(C2CC(=O)n3nc(-c4cccc5ccccc45)nc3S2)cc1. The molecule has 4 aromatic rings. The molecule has 5 nitrogen and oxygen atoms in total. The standard InChI is InChI=1S/C22H17N3O2S/c1-27-16-11-9-15(10-12-16)19-13-20(26)25-22(28-19)23-21(24-25)18-8-4-6-14-5-2-3-7-17(14)18/h2-12,19H,13H2,1H3. The molecule has 0 aliphatic carbocycles. The lowest BCUT2D eigenvalue weighted by atomic mass is 10.0. The summed E-state index contributed by atoms with van der Waals surface area (Å²) in [6.45, 7) is 0. The maximum absolute atomic E-state index is 12.7. The summed E-state index contributed by atoms with van der Waals surface area (Å²) in [4.78, 5) is 17.4. The average Bonchev–Trinajstić information content (AvgIpc) is 3.18. The van der Waals surface area contributed by atoms with E-state index in [2.05, 4.69) is 23.3 Å². The van der Waals surface area contributed by atoms with Crippen molar-refractivity contribution in [1.82, 2.24) is 14.8 Å². The van der Waals surface area contributed by atoms with Crippen molar-refractivity contribution in [2.75, 3.05) is 7.11 Å². The minimum absolute atomic E-state index is 0.0236. The monoisotopic (exact) mass is 387 g/mol. The number of carbonyl (C=O) groups excluding carboxylic acids is 1. The Morgan fingerprint density at radius 3 is 2.64 bits per heavy atom. The van der Waals surface area contributed by atoms with Crippen LogP contribution in [0.25, 0.3) is 22.2 Å². The summed E-state index contributed by atoms with van der Waals surface area (Å²) in [5, 5.41) is 7.39. The Kier molecular flexibility index (Phi) is 4.13. The van der Waals surface area contributed by atoms with Crippen LogP contribution in [0, 0.1) is 0 Å². The second-order valence-corrected chi connectivity index (χ2v) is 7.80. The first-order valence-corrected chi connectivity index (χ1v) is 9.90. The topological polar surface area (TPSA) is 57.0 Å². The molecular weight excluding hydrogens is 370 g/mol. The number of carbonyl (C=O) groups is 1. The molecular formula is C22H17N3O2S. The quantitative estimate of drug-likeness (QED) is 0.496. The summed E-state index contributed by atoms with van der Waals surface area (Å²) >= 11 is 1.58. The van der Waals surface area contributed by atoms with Gasteiger partial charge < -0.3 is 4.74 Å². The van der Waals surface area contributed by atoms with Gasteiger partial charge in [0.05, 0.1) is 7.11 Å². The van der Waals surface area contributed by atoms with E-state index >= 15 is 0 Å². The minimum Gasteiger partial charge on any atom is -0.497 e. The number of rotatable bonds is 3. The minimum atomic E-state index is -0.0337. The lowest BCUT2D eigenvalue weighted by molar-refractivity contribution is 0.0868. The number of hydrogen-bond donors (Lipinski definition) is 0. The van der Waals surface area contributed by atoms with Gasteiger partial charge in [-0.1, -0.05) is 66.4 Å². The molecule has 2 heterocycles.